The summed E-state index contributed by atoms with van der Waals surface area (Å²) in [7, 11) is 0. The summed E-state index contributed by atoms with van der Waals surface area (Å²) in [5, 5.41) is 10.8. The van der Waals surface area contributed by atoms with Gasteiger partial charge in [0.1, 0.15) is 16.8 Å². The standard InChI is InChI=1S/C28H29N5O3.2H2/c1-15(2)36-26-10-18(8-16-4-3-5-19(16)26)28(35)33-13-22-20-11-32(12-21(20)23(22)14-33)27(34)17-6-7-24-25(9-17)30-31-29-24;;/h3,5-10,15,20-23H,4,11-14H2,1-2H3,(H,29,30,31);2*1H/t20-,21+,22?,23?;;. The Balaban J connectivity index is 0.00000147. The van der Waals surface area contributed by atoms with Crippen LogP contribution in [0, 0.1) is 23.7 Å². The predicted octanol–water partition coefficient (Wildman–Crippen LogP) is 3.90. The molecule has 2 aliphatic heterocycles. The Kier molecular flexibility index (Phi) is 4.75. The highest BCUT2D eigenvalue weighted by Crippen LogP contribution is 2.54. The molecule has 36 heavy (non-hydrogen) atoms. The average molecular weight is 488 g/mol. The molecule has 0 radical (unpaired) electrons. The number of ether oxygens (including phenoxy) is 1. The summed E-state index contributed by atoms with van der Waals surface area (Å²) >= 11 is 0. The third kappa shape index (κ3) is 3.27. The van der Waals surface area contributed by atoms with E-state index in [2.05, 4.69) is 27.6 Å². The quantitative estimate of drug-likeness (QED) is 0.603. The van der Waals surface area contributed by atoms with Gasteiger partial charge in [-0.25, -0.2) is 0 Å². The second-order valence-electron chi connectivity index (χ2n) is 10.9. The van der Waals surface area contributed by atoms with Gasteiger partial charge in [-0.15, -0.1) is 0 Å². The minimum absolute atomic E-state index is 0. The van der Waals surface area contributed by atoms with E-state index in [4.69, 9.17) is 4.74 Å². The zero-order valence-electron chi connectivity index (χ0n) is 20.5. The number of hydrogen-bond donors (Lipinski definition) is 1. The van der Waals surface area contributed by atoms with Crippen LogP contribution in [-0.2, 0) is 6.42 Å². The molecule has 2 unspecified atom stereocenters. The van der Waals surface area contributed by atoms with Gasteiger partial charge in [-0.2, -0.15) is 15.4 Å². The lowest BCUT2D eigenvalue weighted by Gasteiger charge is -2.42. The number of hydrogen-bond acceptors (Lipinski definition) is 5. The van der Waals surface area contributed by atoms with Gasteiger partial charge in [0, 0.05) is 45.7 Å². The lowest BCUT2D eigenvalue weighted by atomic mass is 9.60. The largest absolute Gasteiger partial charge is 0.490 e. The highest BCUT2D eigenvalue weighted by atomic mass is 16.5. The van der Waals surface area contributed by atoms with Gasteiger partial charge < -0.3 is 14.5 Å². The number of aromatic nitrogens is 3. The number of carbonyl (C=O) groups is 2. The van der Waals surface area contributed by atoms with Gasteiger partial charge in [-0.05, 0) is 79.8 Å². The number of rotatable bonds is 4. The summed E-state index contributed by atoms with van der Waals surface area (Å²) in [4.78, 5) is 30.8. The molecule has 8 heteroatoms. The van der Waals surface area contributed by atoms with E-state index < -0.39 is 0 Å². The van der Waals surface area contributed by atoms with Gasteiger partial charge >= 0.3 is 0 Å². The van der Waals surface area contributed by atoms with Crippen molar-refractivity contribution in [1.82, 2.24) is 25.2 Å². The van der Waals surface area contributed by atoms with Crippen LogP contribution in [0.2, 0.25) is 0 Å². The molecule has 3 fully saturated rings. The van der Waals surface area contributed by atoms with Crippen molar-refractivity contribution in [2.45, 2.75) is 26.4 Å². The summed E-state index contributed by atoms with van der Waals surface area (Å²) in [5.74, 6) is 2.84. The summed E-state index contributed by atoms with van der Waals surface area (Å²) in [6.45, 7) is 7.09. The molecule has 3 heterocycles. The monoisotopic (exact) mass is 487 g/mol. The van der Waals surface area contributed by atoms with Crippen LogP contribution in [0.1, 0.15) is 48.5 Å². The Labute approximate surface area is 212 Å². The van der Waals surface area contributed by atoms with Crippen LogP contribution in [-0.4, -0.2) is 69.3 Å². The van der Waals surface area contributed by atoms with Crippen LogP contribution in [0.3, 0.4) is 0 Å². The maximum atomic E-state index is 13.5. The molecule has 0 bridgehead atoms. The van der Waals surface area contributed by atoms with Gasteiger partial charge in [0.05, 0.1) is 6.10 Å². The molecule has 7 rings (SSSR count). The number of aromatic amines is 1. The SMILES string of the molecule is CC(C)Oc1cc(C(=O)N2CC3C(C2)[C@@H]2CN(C(=O)c4ccc5n[nH]nc5c4)C[C@H]32)cc2c1C=CC2.[HH].[HH]. The second-order valence-corrected chi connectivity index (χ2v) is 10.9. The summed E-state index contributed by atoms with van der Waals surface area (Å²) in [5.41, 5.74) is 5.11. The number of carbonyl (C=O) groups excluding carboxylic acids is 2. The predicted molar refractivity (Wildman–Crippen MR) is 139 cm³/mol. The summed E-state index contributed by atoms with van der Waals surface area (Å²) in [6, 6.07) is 9.44. The van der Waals surface area contributed by atoms with Crippen molar-refractivity contribution in [3.63, 3.8) is 0 Å². The van der Waals surface area contributed by atoms with E-state index in [9.17, 15) is 9.59 Å². The smallest absolute Gasteiger partial charge is 0.254 e. The highest BCUT2D eigenvalue weighted by Gasteiger charge is 2.59. The maximum absolute atomic E-state index is 13.5. The first-order valence-corrected chi connectivity index (χ1v) is 12.9. The Bertz CT molecular complexity index is 1420. The zero-order chi connectivity index (χ0) is 24.6. The molecule has 1 N–H and O–H groups in total. The van der Waals surface area contributed by atoms with E-state index in [1.54, 1.807) is 0 Å². The van der Waals surface area contributed by atoms with Crippen molar-refractivity contribution < 1.29 is 17.2 Å². The van der Waals surface area contributed by atoms with Gasteiger partial charge in [0.15, 0.2) is 0 Å². The molecule has 2 aromatic carbocycles. The zero-order valence-corrected chi connectivity index (χ0v) is 20.5. The average Bonchev–Trinajstić information content (AvgIpc) is 3.65. The number of likely N-dealkylation sites (tertiary alicyclic amines) is 2. The molecule has 3 aromatic rings. The first-order chi connectivity index (χ1) is 17.5. The number of H-pyrrole nitrogens is 1. The van der Waals surface area contributed by atoms with E-state index in [0.717, 1.165) is 60.6 Å². The molecule has 8 nitrogen and oxygen atoms in total. The molecular formula is C28H33N5O3. The van der Waals surface area contributed by atoms with Crippen molar-refractivity contribution in [2.75, 3.05) is 26.2 Å². The lowest BCUT2D eigenvalue weighted by molar-refractivity contribution is 0.0629. The van der Waals surface area contributed by atoms with E-state index in [1.165, 1.54) is 0 Å². The fourth-order valence-electron chi connectivity index (χ4n) is 6.87. The van der Waals surface area contributed by atoms with Gasteiger partial charge in [0.2, 0.25) is 0 Å². The lowest BCUT2D eigenvalue weighted by Crippen LogP contribution is -2.44. The van der Waals surface area contributed by atoms with Crippen molar-refractivity contribution in [3.05, 3.63) is 58.7 Å². The Morgan fingerprint density at radius 2 is 1.56 bits per heavy atom. The number of nitrogens with one attached hydrogen (secondary N) is 1. The molecule has 4 atom stereocenters. The minimum Gasteiger partial charge on any atom is -0.490 e. The van der Waals surface area contributed by atoms with Gasteiger partial charge in [-0.1, -0.05) is 12.2 Å². The Morgan fingerprint density at radius 3 is 2.22 bits per heavy atom. The Morgan fingerprint density at radius 1 is 0.917 bits per heavy atom. The fourth-order valence-corrected chi connectivity index (χ4v) is 6.87. The van der Waals surface area contributed by atoms with Gasteiger partial charge in [-0.3, -0.25) is 9.59 Å². The molecule has 0 spiro atoms. The van der Waals surface area contributed by atoms with Crippen molar-refractivity contribution in [3.8, 4) is 5.75 Å². The Hall–Kier alpha value is -3.68. The second kappa shape index (κ2) is 7.91. The van der Waals surface area contributed by atoms with Crippen LogP contribution in [0.15, 0.2) is 36.4 Å². The summed E-state index contributed by atoms with van der Waals surface area (Å²) < 4.78 is 6.05. The molecular weight excluding hydrogens is 454 g/mol. The minimum atomic E-state index is 0. The number of benzene rings is 2. The number of nitrogens with zero attached hydrogens (tertiary/aromatic N) is 4. The molecule has 2 amide bonds. The number of amides is 2. The van der Waals surface area contributed by atoms with Crippen LogP contribution in [0.4, 0.5) is 0 Å². The summed E-state index contributed by atoms with van der Waals surface area (Å²) in [6.07, 6.45) is 5.11. The third-order valence-corrected chi connectivity index (χ3v) is 8.52. The van der Waals surface area contributed by atoms with Crippen molar-refractivity contribution in [1.29, 1.82) is 0 Å². The van der Waals surface area contributed by atoms with Crippen LogP contribution < -0.4 is 4.74 Å². The number of fused-ring (bicyclic) bond motifs is 6. The van der Waals surface area contributed by atoms with E-state index in [0.29, 0.717) is 34.8 Å². The van der Waals surface area contributed by atoms with Crippen molar-refractivity contribution in [2.24, 2.45) is 23.7 Å². The maximum Gasteiger partial charge on any atom is 0.254 e. The fraction of sp³-hybridized carbons (Fsp3) is 0.429. The molecule has 1 saturated carbocycles. The molecule has 4 aliphatic rings. The van der Waals surface area contributed by atoms with E-state index in [-0.39, 0.29) is 20.8 Å². The van der Waals surface area contributed by atoms with Crippen molar-refractivity contribution >= 4 is 28.9 Å². The van der Waals surface area contributed by atoms with Gasteiger partial charge in [0.25, 0.3) is 11.8 Å². The molecule has 2 aliphatic carbocycles. The topological polar surface area (TPSA) is 91.4 Å². The molecule has 2 saturated heterocycles. The third-order valence-electron chi connectivity index (χ3n) is 8.52. The molecule has 1 aromatic heterocycles. The first-order valence-electron chi connectivity index (χ1n) is 12.9. The normalized spacial score (nSPS) is 25.8. The number of allylic oxidation sites excluding steroid dienone is 1. The van der Waals surface area contributed by atoms with Crippen LogP contribution in [0.5, 0.6) is 5.75 Å². The van der Waals surface area contributed by atoms with E-state index in [1.807, 2.05) is 54.0 Å². The van der Waals surface area contributed by atoms with Crippen LogP contribution in [0.25, 0.3) is 17.1 Å². The van der Waals surface area contributed by atoms with Crippen LogP contribution >= 0.6 is 0 Å². The van der Waals surface area contributed by atoms with E-state index >= 15 is 0 Å². The molecule has 188 valence electrons. The highest BCUT2D eigenvalue weighted by molar-refractivity contribution is 5.98. The first kappa shape index (κ1) is 21.6.